The Balaban J connectivity index is 1.73. The maximum Gasteiger partial charge on any atom is 0.303 e. The summed E-state index contributed by atoms with van der Waals surface area (Å²) < 4.78 is 5.84. The zero-order chi connectivity index (χ0) is 20.5. The lowest BCUT2D eigenvalue weighted by Gasteiger charge is -2.60. The highest BCUT2D eigenvalue weighted by atomic mass is 16.6. The molecule has 154 valence electrons. The number of hydrogen-bond acceptors (Lipinski definition) is 4. The van der Waals surface area contributed by atoms with Crippen LogP contribution in [0.15, 0.2) is 11.6 Å². The van der Waals surface area contributed by atoms with Gasteiger partial charge in [-0.05, 0) is 80.6 Å². The molecule has 0 bridgehead atoms. The number of esters is 1. The Kier molecular flexibility index (Phi) is 4.45. The average molecular weight is 387 g/mol. The van der Waals surface area contributed by atoms with Gasteiger partial charge in [0.25, 0.3) is 0 Å². The zero-order valence-corrected chi connectivity index (χ0v) is 18.0. The Labute approximate surface area is 168 Å². The highest BCUT2D eigenvalue weighted by Gasteiger charge is 2.68. The first-order valence-corrected chi connectivity index (χ1v) is 11.0. The summed E-state index contributed by atoms with van der Waals surface area (Å²) in [6, 6.07) is 0. The molecule has 4 aliphatic carbocycles. The van der Waals surface area contributed by atoms with Crippen molar-refractivity contribution < 1.29 is 19.1 Å². The van der Waals surface area contributed by atoms with Crippen molar-refractivity contribution in [3.63, 3.8) is 0 Å². The van der Waals surface area contributed by atoms with Gasteiger partial charge in [-0.3, -0.25) is 14.4 Å². The van der Waals surface area contributed by atoms with Crippen LogP contribution in [-0.4, -0.2) is 23.1 Å². The van der Waals surface area contributed by atoms with Gasteiger partial charge in [-0.2, -0.15) is 0 Å². The fourth-order valence-electron chi connectivity index (χ4n) is 8.05. The summed E-state index contributed by atoms with van der Waals surface area (Å²) >= 11 is 0. The summed E-state index contributed by atoms with van der Waals surface area (Å²) in [6.45, 7) is 9.87. The molecule has 4 unspecified atom stereocenters. The number of rotatable bonds is 2. The van der Waals surface area contributed by atoms with E-state index in [0.717, 1.165) is 32.1 Å². The van der Waals surface area contributed by atoms with Gasteiger partial charge in [0.2, 0.25) is 0 Å². The van der Waals surface area contributed by atoms with E-state index >= 15 is 0 Å². The van der Waals surface area contributed by atoms with Crippen LogP contribution >= 0.6 is 0 Å². The quantitative estimate of drug-likeness (QED) is 0.648. The van der Waals surface area contributed by atoms with Crippen molar-refractivity contribution in [1.82, 2.24) is 0 Å². The van der Waals surface area contributed by atoms with Crippen molar-refractivity contribution in [3.8, 4) is 0 Å². The van der Waals surface area contributed by atoms with E-state index in [-0.39, 0.29) is 28.4 Å². The van der Waals surface area contributed by atoms with Crippen LogP contribution in [0, 0.1) is 34.5 Å². The van der Waals surface area contributed by atoms with Crippen LogP contribution < -0.4 is 0 Å². The topological polar surface area (TPSA) is 60.4 Å². The second kappa shape index (κ2) is 6.27. The number of carbonyl (C=O) groups excluding carboxylic acids is 3. The molecule has 4 heteroatoms. The lowest BCUT2D eigenvalue weighted by Crippen LogP contribution is -2.59. The zero-order valence-electron chi connectivity index (χ0n) is 18.0. The van der Waals surface area contributed by atoms with Crippen molar-refractivity contribution in [1.29, 1.82) is 0 Å². The van der Waals surface area contributed by atoms with Gasteiger partial charge in [0.15, 0.2) is 17.2 Å². The number of carbonyl (C=O) groups is 3. The van der Waals surface area contributed by atoms with E-state index in [1.165, 1.54) is 12.5 Å². The summed E-state index contributed by atoms with van der Waals surface area (Å²) in [5.74, 6) is 1.82. The van der Waals surface area contributed by atoms with Gasteiger partial charge in [-0.25, -0.2) is 0 Å². The Hall–Kier alpha value is -1.45. The molecule has 0 aromatic carbocycles. The third-order valence-corrected chi connectivity index (χ3v) is 9.29. The van der Waals surface area contributed by atoms with Crippen LogP contribution in [0.3, 0.4) is 0 Å². The smallest absolute Gasteiger partial charge is 0.303 e. The predicted octanol–water partition coefficient (Wildman–Crippen LogP) is 4.66. The number of allylic oxidation sites excluding steroid dienone is 1. The molecule has 4 rings (SSSR count). The minimum atomic E-state index is -0.961. The van der Waals surface area contributed by atoms with Crippen molar-refractivity contribution in [3.05, 3.63) is 11.6 Å². The van der Waals surface area contributed by atoms with Gasteiger partial charge in [-0.1, -0.05) is 26.3 Å². The Morgan fingerprint density at radius 2 is 1.75 bits per heavy atom. The summed E-state index contributed by atoms with van der Waals surface area (Å²) in [6.07, 6.45) is 8.19. The van der Waals surface area contributed by atoms with Crippen LogP contribution in [-0.2, 0) is 19.1 Å². The predicted molar refractivity (Wildman–Crippen MR) is 106 cm³/mol. The lowest BCUT2D eigenvalue weighted by atomic mass is 9.44. The summed E-state index contributed by atoms with van der Waals surface area (Å²) in [5, 5.41) is 0. The second-order valence-corrected chi connectivity index (χ2v) is 10.5. The molecule has 7 atom stereocenters. The molecule has 0 amide bonds. The van der Waals surface area contributed by atoms with E-state index < -0.39 is 5.60 Å². The molecule has 28 heavy (non-hydrogen) atoms. The average Bonchev–Trinajstić information content (AvgIpc) is 2.90. The highest BCUT2D eigenvalue weighted by Crippen LogP contribution is 2.69. The van der Waals surface area contributed by atoms with Gasteiger partial charge < -0.3 is 4.74 Å². The molecule has 4 aliphatic rings. The third-order valence-electron chi connectivity index (χ3n) is 9.29. The van der Waals surface area contributed by atoms with Gasteiger partial charge in [0, 0.05) is 18.8 Å². The van der Waals surface area contributed by atoms with Gasteiger partial charge in [0.05, 0.1) is 0 Å². The fraction of sp³-hybridized carbons (Fsp3) is 0.792. The van der Waals surface area contributed by atoms with E-state index in [1.807, 2.05) is 6.08 Å². The SMILES string of the molecule is CC(=O)O[C@]1(C(C)=O)CCC2C3CC(C)C4=CC(=O)CC[C@]4(C)C3CC[C@@]21C. The van der Waals surface area contributed by atoms with Crippen molar-refractivity contribution in [2.75, 3.05) is 0 Å². The van der Waals surface area contributed by atoms with E-state index in [0.29, 0.717) is 36.5 Å². The minimum Gasteiger partial charge on any atom is -0.451 e. The molecule has 3 saturated carbocycles. The molecule has 0 saturated heterocycles. The van der Waals surface area contributed by atoms with E-state index in [2.05, 4.69) is 20.8 Å². The van der Waals surface area contributed by atoms with Gasteiger partial charge >= 0.3 is 5.97 Å². The van der Waals surface area contributed by atoms with Crippen molar-refractivity contribution in [2.45, 2.75) is 85.2 Å². The number of ether oxygens (including phenoxy) is 1. The largest absolute Gasteiger partial charge is 0.451 e. The molecule has 0 aromatic rings. The fourth-order valence-corrected chi connectivity index (χ4v) is 8.05. The monoisotopic (exact) mass is 386 g/mol. The molecule has 0 radical (unpaired) electrons. The van der Waals surface area contributed by atoms with E-state index in [9.17, 15) is 14.4 Å². The van der Waals surface area contributed by atoms with Gasteiger partial charge in [0.1, 0.15) is 0 Å². The normalized spacial score (nSPS) is 47.5. The molecule has 0 aliphatic heterocycles. The number of fused-ring (bicyclic) bond motifs is 5. The third kappa shape index (κ3) is 2.45. The first-order valence-electron chi connectivity index (χ1n) is 11.0. The Morgan fingerprint density at radius 1 is 1.07 bits per heavy atom. The highest BCUT2D eigenvalue weighted by molar-refractivity contribution is 5.92. The Bertz CT molecular complexity index is 767. The summed E-state index contributed by atoms with van der Waals surface area (Å²) in [4.78, 5) is 36.8. The molecular weight excluding hydrogens is 352 g/mol. The first kappa shape index (κ1) is 19.8. The van der Waals surface area contributed by atoms with Crippen LogP contribution in [0.4, 0.5) is 0 Å². The van der Waals surface area contributed by atoms with Crippen molar-refractivity contribution >= 4 is 17.5 Å². The molecule has 4 nitrogen and oxygen atoms in total. The van der Waals surface area contributed by atoms with Crippen LogP contribution in [0.1, 0.15) is 79.6 Å². The maximum atomic E-state index is 12.8. The van der Waals surface area contributed by atoms with Crippen LogP contribution in [0.25, 0.3) is 0 Å². The molecular formula is C24H34O4. The Morgan fingerprint density at radius 3 is 2.39 bits per heavy atom. The summed E-state index contributed by atoms with van der Waals surface area (Å²) in [5.41, 5.74) is 0.218. The van der Waals surface area contributed by atoms with Gasteiger partial charge in [-0.15, -0.1) is 0 Å². The van der Waals surface area contributed by atoms with Crippen LogP contribution in [0.5, 0.6) is 0 Å². The van der Waals surface area contributed by atoms with E-state index in [1.54, 1.807) is 6.92 Å². The number of ketones is 2. The summed E-state index contributed by atoms with van der Waals surface area (Å²) in [7, 11) is 0. The molecule has 0 aromatic heterocycles. The number of hydrogen-bond donors (Lipinski definition) is 0. The molecule has 0 heterocycles. The molecule has 0 N–H and O–H groups in total. The number of Topliss-reactive ketones (excluding diaryl/α,β-unsaturated/α-hetero) is 1. The maximum absolute atomic E-state index is 12.8. The van der Waals surface area contributed by atoms with E-state index in [4.69, 9.17) is 4.74 Å². The first-order chi connectivity index (χ1) is 13.0. The molecule has 0 spiro atoms. The second-order valence-electron chi connectivity index (χ2n) is 10.5. The lowest BCUT2D eigenvalue weighted by molar-refractivity contribution is -0.187. The molecule has 3 fully saturated rings. The standard InChI is InChI=1S/C24H34O4/c1-14-12-18-19(22(4)9-6-17(27)13-21(14)22)7-10-23(5)20(18)8-11-24(23,15(2)25)28-16(3)26/h13-14,18-20H,6-12H2,1-5H3/t14?,18?,19?,20?,22-,23+,24+/m1/s1. The van der Waals surface area contributed by atoms with Crippen LogP contribution in [0.2, 0.25) is 0 Å². The minimum absolute atomic E-state index is 0.00469. The van der Waals surface area contributed by atoms with Crippen molar-refractivity contribution in [2.24, 2.45) is 34.5 Å².